The molecule has 2 amide bonds. The summed E-state index contributed by atoms with van der Waals surface area (Å²) in [7, 11) is -1.39. The predicted molar refractivity (Wildman–Crippen MR) is 163 cm³/mol. The van der Waals surface area contributed by atoms with Crippen LogP contribution in [0.25, 0.3) is 11.1 Å². The third kappa shape index (κ3) is 8.09. The van der Waals surface area contributed by atoms with Crippen LogP contribution >= 0.6 is 0 Å². The Morgan fingerprint density at radius 2 is 1.98 bits per heavy atom. The molecule has 2 unspecified atom stereocenters. The highest BCUT2D eigenvalue weighted by atomic mass is 32.2. The fourth-order valence-corrected chi connectivity index (χ4v) is 6.81. The zero-order chi connectivity index (χ0) is 31.0. The van der Waals surface area contributed by atoms with Crippen molar-refractivity contribution in [3.05, 3.63) is 90.0 Å². The van der Waals surface area contributed by atoms with Crippen LogP contribution in [0.3, 0.4) is 0 Å². The molecule has 3 atom stereocenters. The van der Waals surface area contributed by atoms with Crippen molar-refractivity contribution in [3.63, 3.8) is 0 Å². The number of carbonyl (C=O) groups is 3. The van der Waals surface area contributed by atoms with Gasteiger partial charge in [-0.15, -0.1) is 0 Å². The highest BCUT2D eigenvalue weighted by Crippen LogP contribution is 2.25. The maximum atomic E-state index is 14.1. The van der Waals surface area contributed by atoms with Crippen LogP contribution in [-0.4, -0.2) is 77.2 Å². The molecule has 1 aromatic carbocycles. The van der Waals surface area contributed by atoms with E-state index in [9.17, 15) is 23.7 Å². The Labute approximate surface area is 249 Å². The average molecular weight is 607 g/mol. The van der Waals surface area contributed by atoms with Gasteiger partial charge in [0.1, 0.15) is 11.7 Å². The summed E-state index contributed by atoms with van der Waals surface area (Å²) in [5, 5.41) is 27.6. The SMILES string of the molecule is Cc1cc(C(=O)Nc2cccc(-c3cncc(C(=O)N=[S@](=O)(CCCNC(CO)C(=O)O)C4C=CC=CC4)c3)c2)n(C)n1. The van der Waals surface area contributed by atoms with Gasteiger partial charge < -0.3 is 20.8 Å². The first-order valence-electron chi connectivity index (χ1n) is 13.7. The van der Waals surface area contributed by atoms with E-state index in [0.717, 1.165) is 5.69 Å². The minimum atomic E-state index is -3.08. The number of hydrogen-bond donors (Lipinski definition) is 4. The molecule has 12 nitrogen and oxygen atoms in total. The van der Waals surface area contributed by atoms with Gasteiger partial charge in [-0.3, -0.25) is 24.0 Å². The Hall–Kier alpha value is -4.46. The van der Waals surface area contributed by atoms with Crippen LogP contribution in [0.5, 0.6) is 0 Å². The Balaban J connectivity index is 1.54. The van der Waals surface area contributed by atoms with Crippen LogP contribution < -0.4 is 10.6 Å². The number of aryl methyl sites for hydroxylation is 2. The number of hydrogen-bond acceptors (Lipinski definition) is 8. The van der Waals surface area contributed by atoms with Crippen molar-refractivity contribution in [2.45, 2.75) is 31.1 Å². The Bertz CT molecular complexity index is 1690. The summed E-state index contributed by atoms with van der Waals surface area (Å²) in [6.45, 7) is 1.40. The third-order valence-electron chi connectivity index (χ3n) is 6.81. The standard InChI is InChI=1S/C30H34N6O6S/c1-20-14-27(36(2)34-20)29(39)33-24-9-6-8-21(16-24)22-15-23(18-31-17-22)28(38)35-43(42,25-10-4-3-5-11-25)13-7-12-32-26(19-37)30(40)41/h3-6,8-10,14-18,25-26,32,37H,7,11-13,19H2,1-2H3,(H,33,39)(H,40,41)/t25?,26?,43-/m0/s1. The second kappa shape index (κ2) is 14.1. The first-order valence-corrected chi connectivity index (χ1v) is 15.4. The lowest BCUT2D eigenvalue weighted by molar-refractivity contribution is -0.140. The molecule has 0 radical (unpaired) electrons. The maximum absolute atomic E-state index is 14.1. The third-order valence-corrected chi connectivity index (χ3v) is 9.45. The van der Waals surface area contributed by atoms with Crippen LogP contribution in [-0.2, 0) is 21.6 Å². The van der Waals surface area contributed by atoms with E-state index in [4.69, 9.17) is 5.11 Å². The largest absolute Gasteiger partial charge is 0.480 e. The average Bonchev–Trinajstić information content (AvgIpc) is 3.35. The van der Waals surface area contributed by atoms with Crippen molar-refractivity contribution < 1.29 is 28.8 Å². The quantitative estimate of drug-likeness (QED) is 0.226. The fraction of sp³-hybridized carbons (Fsp3) is 0.300. The van der Waals surface area contributed by atoms with Gasteiger partial charge in [0.25, 0.3) is 11.8 Å². The Morgan fingerprint density at radius 1 is 1.16 bits per heavy atom. The highest BCUT2D eigenvalue weighted by molar-refractivity contribution is 7.94. The van der Waals surface area contributed by atoms with E-state index >= 15 is 0 Å². The zero-order valence-electron chi connectivity index (χ0n) is 23.8. The zero-order valence-corrected chi connectivity index (χ0v) is 24.7. The first kappa shape index (κ1) is 31.5. The molecule has 2 heterocycles. The number of nitrogens with one attached hydrogen (secondary N) is 2. The second-order valence-electron chi connectivity index (χ2n) is 10.1. The molecule has 3 aromatic rings. The van der Waals surface area contributed by atoms with Crippen LogP contribution in [0.4, 0.5) is 5.69 Å². The number of nitrogens with zero attached hydrogens (tertiary/aromatic N) is 4. The number of benzene rings is 1. The van der Waals surface area contributed by atoms with Crippen molar-refractivity contribution in [2.24, 2.45) is 11.4 Å². The van der Waals surface area contributed by atoms with Crippen molar-refractivity contribution in [3.8, 4) is 11.1 Å². The number of aliphatic carboxylic acids is 1. The number of allylic oxidation sites excluding steroid dienone is 3. The van der Waals surface area contributed by atoms with Gasteiger partial charge in [-0.2, -0.15) is 9.46 Å². The molecule has 0 spiro atoms. The van der Waals surface area contributed by atoms with Crippen molar-refractivity contribution in [1.29, 1.82) is 0 Å². The number of amides is 2. The van der Waals surface area contributed by atoms with Gasteiger partial charge in [-0.25, -0.2) is 4.21 Å². The van der Waals surface area contributed by atoms with E-state index in [2.05, 4.69) is 25.1 Å². The maximum Gasteiger partial charge on any atom is 0.323 e. The lowest BCUT2D eigenvalue weighted by Gasteiger charge is -2.19. The van der Waals surface area contributed by atoms with E-state index in [1.165, 1.54) is 10.9 Å². The molecule has 1 aliphatic carbocycles. The molecule has 13 heteroatoms. The van der Waals surface area contributed by atoms with Gasteiger partial charge in [0.15, 0.2) is 0 Å². The molecule has 0 bridgehead atoms. The van der Waals surface area contributed by atoms with Crippen LogP contribution in [0.1, 0.15) is 39.4 Å². The van der Waals surface area contributed by atoms with E-state index in [1.54, 1.807) is 62.7 Å². The topological polar surface area (TPSA) is 176 Å². The van der Waals surface area contributed by atoms with Gasteiger partial charge in [-0.1, -0.05) is 36.4 Å². The van der Waals surface area contributed by atoms with Crippen molar-refractivity contribution >= 4 is 33.2 Å². The molecule has 0 saturated heterocycles. The number of pyridine rings is 1. The number of carbonyl (C=O) groups excluding carboxylic acids is 2. The molecule has 2 aromatic heterocycles. The number of aliphatic hydroxyl groups excluding tert-OH is 1. The number of carboxylic acid groups (broad SMARTS) is 1. The van der Waals surface area contributed by atoms with E-state index in [-0.39, 0.29) is 30.2 Å². The van der Waals surface area contributed by atoms with E-state index < -0.39 is 39.5 Å². The number of aromatic nitrogens is 3. The van der Waals surface area contributed by atoms with E-state index in [0.29, 0.717) is 28.9 Å². The van der Waals surface area contributed by atoms with Gasteiger partial charge in [0.2, 0.25) is 0 Å². The summed E-state index contributed by atoms with van der Waals surface area (Å²) < 4.78 is 19.8. The molecule has 0 aliphatic heterocycles. The molecule has 4 rings (SSSR count). The van der Waals surface area contributed by atoms with Crippen LogP contribution in [0.15, 0.2) is 77.5 Å². The summed E-state index contributed by atoms with van der Waals surface area (Å²) in [6.07, 6.45) is 10.9. The number of aliphatic hydroxyl groups is 1. The molecule has 226 valence electrons. The lowest BCUT2D eigenvalue weighted by atomic mass is 10.1. The highest BCUT2D eigenvalue weighted by Gasteiger charge is 2.24. The summed E-state index contributed by atoms with van der Waals surface area (Å²) in [5.41, 5.74) is 3.15. The van der Waals surface area contributed by atoms with Gasteiger partial charge in [-0.05, 0) is 56.1 Å². The lowest BCUT2D eigenvalue weighted by Crippen LogP contribution is -2.40. The van der Waals surface area contributed by atoms with Crippen molar-refractivity contribution in [2.75, 3.05) is 24.2 Å². The summed E-state index contributed by atoms with van der Waals surface area (Å²) >= 11 is 0. The van der Waals surface area contributed by atoms with Gasteiger partial charge in [0, 0.05) is 36.4 Å². The summed E-state index contributed by atoms with van der Waals surface area (Å²) in [4.78, 5) is 41.5. The minimum Gasteiger partial charge on any atom is -0.480 e. The van der Waals surface area contributed by atoms with E-state index in [1.807, 2.05) is 18.2 Å². The smallest absolute Gasteiger partial charge is 0.323 e. The molecular formula is C30H34N6O6S. The molecule has 0 fully saturated rings. The second-order valence-corrected chi connectivity index (χ2v) is 12.6. The first-order chi connectivity index (χ1) is 20.6. The van der Waals surface area contributed by atoms with Gasteiger partial charge in [0.05, 0.1) is 32.8 Å². The fourth-order valence-electron chi connectivity index (χ4n) is 4.58. The molecule has 0 saturated carbocycles. The molecule has 4 N–H and O–H groups in total. The molecule has 43 heavy (non-hydrogen) atoms. The normalized spacial score (nSPS) is 16.3. The summed E-state index contributed by atoms with van der Waals surface area (Å²) in [6, 6.07) is 9.27. The minimum absolute atomic E-state index is 0.0530. The number of rotatable bonds is 12. The van der Waals surface area contributed by atoms with Crippen LogP contribution in [0, 0.1) is 6.92 Å². The monoisotopic (exact) mass is 606 g/mol. The predicted octanol–water partition coefficient (Wildman–Crippen LogP) is 2.96. The van der Waals surface area contributed by atoms with Crippen molar-refractivity contribution in [1.82, 2.24) is 20.1 Å². The number of anilines is 1. The van der Waals surface area contributed by atoms with Crippen LogP contribution in [0.2, 0.25) is 0 Å². The molecule has 1 aliphatic rings. The number of carboxylic acids is 1. The summed E-state index contributed by atoms with van der Waals surface area (Å²) in [5.74, 6) is -2.12. The Morgan fingerprint density at radius 3 is 2.65 bits per heavy atom. The molecular weight excluding hydrogens is 572 g/mol. The van der Waals surface area contributed by atoms with Gasteiger partial charge >= 0.3 is 5.97 Å². The Kier molecular flexibility index (Phi) is 10.3.